The fourth-order valence-electron chi connectivity index (χ4n) is 2.49. The fourth-order valence-corrected chi connectivity index (χ4v) is 2.49. The molecule has 0 heterocycles. The number of nitrogens with two attached hydrogens (primary N) is 1. The number of hydrogen-bond donors (Lipinski definition) is 2. The molecule has 0 aliphatic rings. The maximum Gasteiger partial charge on any atom is 0.134 e. The van der Waals surface area contributed by atoms with E-state index < -0.39 is 0 Å². The molecule has 0 radical (unpaired) electrons. The van der Waals surface area contributed by atoms with E-state index >= 15 is 0 Å². The van der Waals surface area contributed by atoms with E-state index in [2.05, 4.69) is 0 Å². The zero-order chi connectivity index (χ0) is 17.5. The van der Waals surface area contributed by atoms with Crippen molar-refractivity contribution < 1.29 is 9.47 Å². The van der Waals surface area contributed by atoms with Gasteiger partial charge in [0.05, 0.1) is 0 Å². The minimum atomic E-state index is -0.0771. The van der Waals surface area contributed by atoms with Crippen molar-refractivity contribution in [3.63, 3.8) is 0 Å². The number of benzene rings is 3. The Balaban J connectivity index is 1.78. The monoisotopic (exact) mass is 332 g/mol. The standard InChI is InChI=1S/C21H20N2O2/c22-21(23)20-18(24-14-16-8-3-1-4-9-16)12-7-13-19(20)25-15-17-10-5-2-6-11-17/h1-13H,14-15H2,(H3,22,23). The van der Waals surface area contributed by atoms with Crippen LogP contribution in [0.15, 0.2) is 78.9 Å². The van der Waals surface area contributed by atoms with Gasteiger partial charge in [0.15, 0.2) is 0 Å². The molecule has 25 heavy (non-hydrogen) atoms. The van der Waals surface area contributed by atoms with Gasteiger partial charge in [0.25, 0.3) is 0 Å². The van der Waals surface area contributed by atoms with Gasteiger partial charge >= 0.3 is 0 Å². The van der Waals surface area contributed by atoms with Crippen LogP contribution < -0.4 is 15.2 Å². The van der Waals surface area contributed by atoms with Crippen LogP contribution in [0.25, 0.3) is 0 Å². The largest absolute Gasteiger partial charge is 0.488 e. The van der Waals surface area contributed by atoms with Gasteiger partial charge in [-0.15, -0.1) is 0 Å². The highest BCUT2D eigenvalue weighted by atomic mass is 16.5. The molecule has 0 unspecified atom stereocenters. The van der Waals surface area contributed by atoms with E-state index in [-0.39, 0.29) is 5.84 Å². The van der Waals surface area contributed by atoms with Gasteiger partial charge in [-0.3, -0.25) is 5.41 Å². The Bertz CT molecular complexity index is 771. The summed E-state index contributed by atoms with van der Waals surface area (Å²) in [5.74, 6) is 1.01. The van der Waals surface area contributed by atoms with Crippen LogP contribution in [-0.4, -0.2) is 5.84 Å². The molecule has 0 aliphatic heterocycles. The molecule has 0 fully saturated rings. The molecule has 126 valence electrons. The molecule has 0 saturated heterocycles. The van der Waals surface area contributed by atoms with Gasteiger partial charge in [-0.1, -0.05) is 66.7 Å². The molecule has 0 aromatic heterocycles. The Morgan fingerprint density at radius 3 is 1.52 bits per heavy atom. The van der Waals surface area contributed by atoms with E-state index in [0.717, 1.165) is 11.1 Å². The molecule has 3 rings (SSSR count). The van der Waals surface area contributed by atoms with Crippen LogP contribution in [0.3, 0.4) is 0 Å². The summed E-state index contributed by atoms with van der Waals surface area (Å²) in [4.78, 5) is 0. The Labute approximate surface area is 147 Å². The molecule has 4 heteroatoms. The highest BCUT2D eigenvalue weighted by Gasteiger charge is 2.14. The lowest BCUT2D eigenvalue weighted by atomic mass is 10.1. The molecule has 3 N–H and O–H groups in total. The van der Waals surface area contributed by atoms with Gasteiger partial charge in [-0.2, -0.15) is 0 Å². The first kappa shape index (κ1) is 16.6. The number of rotatable bonds is 7. The number of nitrogen functional groups attached to an aromatic ring is 1. The van der Waals surface area contributed by atoms with Crippen LogP contribution in [-0.2, 0) is 13.2 Å². The molecule has 0 amide bonds. The van der Waals surface area contributed by atoms with Gasteiger partial charge in [0.1, 0.15) is 36.1 Å². The molecule has 3 aromatic carbocycles. The fraction of sp³-hybridized carbons (Fsp3) is 0.0952. The Morgan fingerprint density at radius 2 is 1.12 bits per heavy atom. The number of hydrogen-bond acceptors (Lipinski definition) is 3. The average Bonchev–Trinajstić information content (AvgIpc) is 2.66. The van der Waals surface area contributed by atoms with Gasteiger partial charge in [-0.25, -0.2) is 0 Å². The highest BCUT2D eigenvalue weighted by molar-refractivity contribution is 6.00. The SMILES string of the molecule is N=C(N)c1c(OCc2ccccc2)cccc1OCc1ccccc1. The van der Waals surface area contributed by atoms with Gasteiger partial charge in [-0.05, 0) is 23.3 Å². The summed E-state index contributed by atoms with van der Waals surface area (Å²) in [6.07, 6.45) is 0. The van der Waals surface area contributed by atoms with E-state index in [1.54, 1.807) is 12.1 Å². The smallest absolute Gasteiger partial charge is 0.134 e. The Morgan fingerprint density at radius 1 is 0.680 bits per heavy atom. The first-order chi connectivity index (χ1) is 12.2. The second kappa shape index (κ2) is 8.02. The van der Waals surface area contributed by atoms with Crippen molar-refractivity contribution in [3.8, 4) is 11.5 Å². The summed E-state index contributed by atoms with van der Waals surface area (Å²) < 4.78 is 11.8. The third-order valence-corrected chi connectivity index (χ3v) is 3.73. The molecule has 0 spiro atoms. The lowest BCUT2D eigenvalue weighted by Crippen LogP contribution is -2.15. The van der Waals surface area contributed by atoms with Gasteiger partial charge < -0.3 is 15.2 Å². The van der Waals surface area contributed by atoms with Crippen molar-refractivity contribution >= 4 is 5.84 Å². The van der Waals surface area contributed by atoms with Gasteiger partial charge in [0, 0.05) is 0 Å². The van der Waals surface area contributed by atoms with Crippen molar-refractivity contribution in [2.24, 2.45) is 5.73 Å². The maximum atomic E-state index is 7.90. The normalized spacial score (nSPS) is 10.2. The average molecular weight is 332 g/mol. The van der Waals surface area contributed by atoms with Crippen molar-refractivity contribution in [1.82, 2.24) is 0 Å². The highest BCUT2D eigenvalue weighted by Crippen LogP contribution is 2.29. The minimum Gasteiger partial charge on any atom is -0.488 e. The summed E-state index contributed by atoms with van der Waals surface area (Å²) in [7, 11) is 0. The van der Waals surface area contributed by atoms with Crippen LogP contribution in [0.1, 0.15) is 16.7 Å². The summed E-state index contributed by atoms with van der Waals surface area (Å²) >= 11 is 0. The minimum absolute atomic E-state index is 0.0771. The lowest BCUT2D eigenvalue weighted by Gasteiger charge is -2.15. The van der Waals surface area contributed by atoms with E-state index in [1.165, 1.54) is 0 Å². The maximum absolute atomic E-state index is 7.90. The van der Waals surface area contributed by atoms with Crippen LogP contribution >= 0.6 is 0 Å². The molecule has 0 aliphatic carbocycles. The second-order valence-corrected chi connectivity index (χ2v) is 5.59. The summed E-state index contributed by atoms with van der Waals surface area (Å²) in [5, 5.41) is 7.90. The third kappa shape index (κ3) is 4.38. The van der Waals surface area contributed by atoms with Crippen LogP contribution in [0.4, 0.5) is 0 Å². The Kier molecular flexibility index (Phi) is 5.32. The lowest BCUT2D eigenvalue weighted by molar-refractivity contribution is 0.289. The van der Waals surface area contributed by atoms with E-state index in [1.807, 2.05) is 66.7 Å². The predicted molar refractivity (Wildman–Crippen MR) is 99.0 cm³/mol. The Hall–Kier alpha value is -3.27. The predicted octanol–water partition coefficient (Wildman–Crippen LogP) is 4.13. The number of ether oxygens (including phenoxy) is 2. The molecule has 0 saturated carbocycles. The molecule has 3 aromatic rings. The summed E-state index contributed by atoms with van der Waals surface area (Å²) in [5.41, 5.74) is 8.35. The molecular weight excluding hydrogens is 312 g/mol. The van der Waals surface area contributed by atoms with Crippen LogP contribution in [0.2, 0.25) is 0 Å². The topological polar surface area (TPSA) is 68.3 Å². The van der Waals surface area contributed by atoms with Crippen molar-refractivity contribution in [2.75, 3.05) is 0 Å². The first-order valence-corrected chi connectivity index (χ1v) is 8.05. The zero-order valence-corrected chi connectivity index (χ0v) is 13.8. The van der Waals surface area contributed by atoms with E-state index in [9.17, 15) is 0 Å². The van der Waals surface area contributed by atoms with E-state index in [4.69, 9.17) is 20.6 Å². The second-order valence-electron chi connectivity index (χ2n) is 5.59. The van der Waals surface area contributed by atoms with Crippen LogP contribution in [0.5, 0.6) is 11.5 Å². The van der Waals surface area contributed by atoms with E-state index in [0.29, 0.717) is 30.3 Å². The molecular formula is C21H20N2O2. The summed E-state index contributed by atoms with van der Waals surface area (Å²) in [6.45, 7) is 0.812. The van der Waals surface area contributed by atoms with Crippen molar-refractivity contribution in [2.45, 2.75) is 13.2 Å². The quantitative estimate of drug-likeness (QED) is 0.505. The molecule has 4 nitrogen and oxygen atoms in total. The number of nitrogens with one attached hydrogen (secondary N) is 1. The first-order valence-electron chi connectivity index (χ1n) is 8.05. The zero-order valence-electron chi connectivity index (χ0n) is 13.8. The number of amidine groups is 1. The molecule has 0 atom stereocenters. The van der Waals surface area contributed by atoms with Gasteiger partial charge in [0.2, 0.25) is 0 Å². The molecule has 0 bridgehead atoms. The third-order valence-electron chi connectivity index (χ3n) is 3.73. The summed E-state index contributed by atoms with van der Waals surface area (Å²) in [6, 6.07) is 25.2. The van der Waals surface area contributed by atoms with Crippen molar-refractivity contribution in [3.05, 3.63) is 95.6 Å². The van der Waals surface area contributed by atoms with Crippen molar-refractivity contribution in [1.29, 1.82) is 5.41 Å². The van der Waals surface area contributed by atoms with Crippen LogP contribution in [0, 0.1) is 5.41 Å².